The van der Waals surface area contributed by atoms with Gasteiger partial charge in [0.2, 0.25) is 6.79 Å². The summed E-state index contributed by atoms with van der Waals surface area (Å²) in [7, 11) is -0.664. The first-order valence-corrected chi connectivity index (χ1v) is 8.56. The number of halogens is 1. The van der Waals surface area contributed by atoms with Crippen LogP contribution in [-0.2, 0) is 14.1 Å². The predicted octanol–water partition coefficient (Wildman–Crippen LogP) is 3.37. The van der Waals surface area contributed by atoms with Gasteiger partial charge < -0.3 is 23.9 Å². The first-order chi connectivity index (χ1) is 11.1. The lowest BCUT2D eigenvalue weighted by atomic mass is 9.66. The number of carboxylic acid groups (broad SMARTS) is 1. The van der Waals surface area contributed by atoms with E-state index in [4.69, 9.17) is 18.8 Å². The number of fused-ring (bicyclic) bond motifs is 1. The monoisotopic (exact) mass is 398 g/mol. The summed E-state index contributed by atoms with van der Waals surface area (Å²) in [5, 5.41) is 9.37. The number of aliphatic carboxylic acids is 1. The van der Waals surface area contributed by atoms with Crippen molar-refractivity contribution < 1.29 is 28.7 Å². The van der Waals surface area contributed by atoms with Crippen LogP contribution in [0.25, 0.3) is 0 Å². The fraction of sp³-hybridized carbons (Fsp3) is 0.562. The smallest absolute Gasteiger partial charge is 0.466 e. The van der Waals surface area contributed by atoms with E-state index in [-0.39, 0.29) is 13.2 Å². The Morgan fingerprint density at radius 1 is 1.21 bits per heavy atom. The molecule has 0 spiro atoms. The van der Waals surface area contributed by atoms with E-state index in [2.05, 4.69) is 15.9 Å². The number of benzene rings is 1. The summed E-state index contributed by atoms with van der Waals surface area (Å²) < 4.78 is 23.7. The Labute approximate surface area is 149 Å². The molecule has 6 nitrogen and oxygen atoms in total. The summed E-state index contributed by atoms with van der Waals surface area (Å²) in [6.07, 6.45) is -0.116. The fourth-order valence-corrected chi connectivity index (χ4v) is 3.43. The fourth-order valence-electron chi connectivity index (χ4n) is 2.81. The number of carbonyl (C=O) groups is 1. The Kier molecular flexibility index (Phi) is 4.34. The summed E-state index contributed by atoms with van der Waals surface area (Å²) in [5.41, 5.74) is -0.297. The third kappa shape index (κ3) is 3.02. The highest BCUT2D eigenvalue weighted by atomic mass is 79.9. The Bertz CT molecular complexity index is 659. The van der Waals surface area contributed by atoms with Crippen LogP contribution in [0.5, 0.6) is 11.5 Å². The average molecular weight is 399 g/mol. The van der Waals surface area contributed by atoms with Gasteiger partial charge in [-0.15, -0.1) is 0 Å². The molecule has 1 aromatic rings. The van der Waals surface area contributed by atoms with Crippen LogP contribution in [0.2, 0.25) is 0 Å². The molecule has 0 aromatic heterocycles. The lowest BCUT2D eigenvalue weighted by molar-refractivity contribution is -0.137. The van der Waals surface area contributed by atoms with Crippen molar-refractivity contribution in [1.82, 2.24) is 0 Å². The van der Waals surface area contributed by atoms with Crippen molar-refractivity contribution in [3.05, 3.63) is 22.2 Å². The van der Waals surface area contributed by atoms with Crippen LogP contribution in [-0.4, -0.2) is 36.2 Å². The van der Waals surface area contributed by atoms with Gasteiger partial charge in [0.05, 0.1) is 17.6 Å². The minimum Gasteiger partial charge on any atom is -0.481 e. The second-order valence-electron chi connectivity index (χ2n) is 7.06. The van der Waals surface area contributed by atoms with Gasteiger partial charge in [-0.25, -0.2) is 0 Å². The molecule has 2 aliphatic rings. The Morgan fingerprint density at radius 3 is 2.29 bits per heavy atom. The van der Waals surface area contributed by atoms with Gasteiger partial charge in [-0.1, -0.05) is 15.9 Å². The highest BCUT2D eigenvalue weighted by Gasteiger charge is 2.54. The molecule has 24 heavy (non-hydrogen) atoms. The zero-order valence-electron chi connectivity index (χ0n) is 14.1. The van der Waals surface area contributed by atoms with Crippen LogP contribution < -0.4 is 9.47 Å². The number of rotatable bonds is 4. The van der Waals surface area contributed by atoms with E-state index in [1.165, 1.54) is 0 Å². The number of hydrogen-bond acceptors (Lipinski definition) is 5. The van der Waals surface area contributed by atoms with E-state index in [0.717, 1.165) is 10.0 Å². The Hall–Kier alpha value is -1.25. The topological polar surface area (TPSA) is 74.2 Å². The Balaban J connectivity index is 1.98. The molecule has 1 fully saturated rings. The lowest BCUT2D eigenvalue weighted by Crippen LogP contribution is -2.41. The van der Waals surface area contributed by atoms with Crippen LogP contribution in [0.1, 0.15) is 45.5 Å². The second-order valence-corrected chi connectivity index (χ2v) is 7.91. The minimum absolute atomic E-state index is 0.116. The number of carboxylic acids is 1. The molecular weight excluding hydrogens is 379 g/mol. The van der Waals surface area contributed by atoms with Crippen molar-refractivity contribution in [3.63, 3.8) is 0 Å². The third-order valence-corrected chi connectivity index (χ3v) is 5.57. The van der Waals surface area contributed by atoms with Crippen LogP contribution >= 0.6 is 15.9 Å². The standard InChI is InChI=1S/C16H20BBrO6/c1-15(2)16(3,4)24-17(23-15)10(6-14(19)20)9-5-12-13(7-11(9)18)22-8-21-12/h5,7,10H,6,8H2,1-4H3,(H,19,20). The van der Waals surface area contributed by atoms with E-state index < -0.39 is 30.1 Å². The number of ether oxygens (including phenoxy) is 2. The van der Waals surface area contributed by atoms with Gasteiger partial charge in [0.15, 0.2) is 11.5 Å². The summed E-state index contributed by atoms with van der Waals surface area (Å²) >= 11 is 3.51. The predicted molar refractivity (Wildman–Crippen MR) is 91.3 cm³/mol. The van der Waals surface area contributed by atoms with Crippen LogP contribution in [0.4, 0.5) is 0 Å². The first-order valence-electron chi connectivity index (χ1n) is 7.77. The largest absolute Gasteiger partial charge is 0.481 e. The minimum atomic E-state index is -0.917. The van der Waals surface area contributed by atoms with Crippen molar-refractivity contribution >= 4 is 29.0 Å². The normalized spacial score (nSPS) is 21.8. The van der Waals surface area contributed by atoms with Gasteiger partial charge in [-0.3, -0.25) is 4.79 Å². The summed E-state index contributed by atoms with van der Waals surface area (Å²) in [6.45, 7) is 7.93. The van der Waals surface area contributed by atoms with E-state index in [1.54, 1.807) is 12.1 Å². The molecule has 0 saturated carbocycles. The molecule has 8 heteroatoms. The zero-order chi connectivity index (χ0) is 17.7. The molecule has 2 aliphatic heterocycles. The molecule has 2 heterocycles. The molecular formula is C16H20BBrO6. The molecule has 1 saturated heterocycles. The molecule has 1 unspecified atom stereocenters. The Morgan fingerprint density at radius 2 is 1.75 bits per heavy atom. The molecule has 130 valence electrons. The highest BCUT2D eigenvalue weighted by Crippen LogP contribution is 2.45. The second kappa shape index (κ2) is 5.93. The van der Waals surface area contributed by atoms with E-state index in [1.807, 2.05) is 27.7 Å². The van der Waals surface area contributed by atoms with Crippen LogP contribution in [0.3, 0.4) is 0 Å². The number of hydrogen-bond donors (Lipinski definition) is 1. The molecule has 1 aromatic carbocycles. The molecule has 0 amide bonds. The highest BCUT2D eigenvalue weighted by molar-refractivity contribution is 9.10. The van der Waals surface area contributed by atoms with Crippen molar-refractivity contribution in [2.75, 3.05) is 6.79 Å². The third-order valence-electron chi connectivity index (χ3n) is 4.89. The van der Waals surface area contributed by atoms with E-state index in [0.29, 0.717) is 11.5 Å². The average Bonchev–Trinajstić information content (AvgIpc) is 2.97. The first kappa shape index (κ1) is 17.6. The summed E-state index contributed by atoms with van der Waals surface area (Å²) in [5.74, 6) is -0.166. The molecule has 0 aliphatic carbocycles. The summed E-state index contributed by atoms with van der Waals surface area (Å²) in [6, 6.07) is 3.59. The van der Waals surface area contributed by atoms with E-state index >= 15 is 0 Å². The molecule has 3 rings (SSSR count). The van der Waals surface area contributed by atoms with Gasteiger partial charge in [0, 0.05) is 10.3 Å². The molecule has 0 bridgehead atoms. The molecule has 1 N–H and O–H groups in total. The summed E-state index contributed by atoms with van der Waals surface area (Å²) in [4.78, 5) is 11.4. The lowest BCUT2D eigenvalue weighted by Gasteiger charge is -2.32. The van der Waals surface area contributed by atoms with Gasteiger partial charge in [0.1, 0.15) is 0 Å². The maximum atomic E-state index is 11.4. The van der Waals surface area contributed by atoms with Crippen molar-refractivity contribution in [3.8, 4) is 11.5 Å². The van der Waals surface area contributed by atoms with Crippen molar-refractivity contribution in [2.45, 2.75) is 51.1 Å². The van der Waals surface area contributed by atoms with Crippen molar-refractivity contribution in [2.24, 2.45) is 0 Å². The van der Waals surface area contributed by atoms with Gasteiger partial charge >= 0.3 is 13.1 Å². The zero-order valence-corrected chi connectivity index (χ0v) is 15.7. The molecule has 1 atom stereocenters. The van der Waals surface area contributed by atoms with Gasteiger partial charge in [0.25, 0.3) is 0 Å². The van der Waals surface area contributed by atoms with Gasteiger partial charge in [-0.2, -0.15) is 0 Å². The van der Waals surface area contributed by atoms with Crippen LogP contribution in [0, 0.1) is 0 Å². The van der Waals surface area contributed by atoms with Crippen molar-refractivity contribution in [1.29, 1.82) is 0 Å². The maximum Gasteiger partial charge on any atom is 0.466 e. The van der Waals surface area contributed by atoms with E-state index in [9.17, 15) is 9.90 Å². The SMILES string of the molecule is CC1(C)OB(C(CC(=O)O)c2cc3c(cc2Br)OCO3)OC1(C)C. The maximum absolute atomic E-state index is 11.4. The molecule has 0 radical (unpaired) electrons. The van der Waals surface area contributed by atoms with Gasteiger partial charge in [-0.05, 0) is 45.4 Å². The quantitative estimate of drug-likeness (QED) is 0.783. The van der Waals surface area contributed by atoms with Crippen LogP contribution in [0.15, 0.2) is 16.6 Å².